The third-order valence-electron chi connectivity index (χ3n) is 4.21. The number of benzene rings is 2. The highest BCUT2D eigenvalue weighted by Gasteiger charge is 2.44. The van der Waals surface area contributed by atoms with Crippen molar-refractivity contribution in [3.63, 3.8) is 0 Å². The molecule has 3 aromatic rings. The van der Waals surface area contributed by atoms with Crippen molar-refractivity contribution in [3.05, 3.63) is 48.7 Å². The normalized spacial score (nSPS) is 11.2. The smallest absolute Gasteiger partial charge is 0.461 e. The molecular formula is C21H19F4N3O4. The van der Waals surface area contributed by atoms with Crippen molar-refractivity contribution < 1.29 is 36.5 Å². The number of rotatable bonds is 9. The molecule has 0 aliphatic heterocycles. The second-order valence-corrected chi connectivity index (χ2v) is 6.30. The van der Waals surface area contributed by atoms with Crippen molar-refractivity contribution in [1.29, 1.82) is 0 Å². The molecule has 0 aliphatic carbocycles. The highest BCUT2D eigenvalue weighted by Crippen LogP contribution is 2.41. The zero-order chi connectivity index (χ0) is 23.3. The summed E-state index contributed by atoms with van der Waals surface area (Å²) < 4.78 is 71.2. The molecular weight excluding hydrogens is 434 g/mol. The number of anilines is 2. The SMILES string of the molecule is COc1cc(-c2ccnc(Nc3cccc(OC(F)(F)C(F)F)c3)n2)cc(OC)c1OC. The summed E-state index contributed by atoms with van der Waals surface area (Å²) in [5.41, 5.74) is 1.40. The number of ether oxygens (including phenoxy) is 4. The fourth-order valence-electron chi connectivity index (χ4n) is 2.78. The van der Waals surface area contributed by atoms with E-state index < -0.39 is 18.3 Å². The van der Waals surface area contributed by atoms with E-state index in [4.69, 9.17) is 14.2 Å². The fourth-order valence-corrected chi connectivity index (χ4v) is 2.78. The van der Waals surface area contributed by atoms with Gasteiger partial charge >= 0.3 is 12.5 Å². The predicted molar refractivity (Wildman–Crippen MR) is 108 cm³/mol. The lowest BCUT2D eigenvalue weighted by Crippen LogP contribution is -2.33. The standard InChI is InChI=1S/C21H19F4N3O4/c1-29-16-9-12(10-17(30-2)18(16)31-3)15-7-8-26-20(28-15)27-13-5-4-6-14(11-13)32-21(24,25)19(22)23/h4-11,19H,1-3H3,(H,26,27,28). The Balaban J connectivity index is 1.87. The number of nitrogens with one attached hydrogen (secondary N) is 1. The van der Waals surface area contributed by atoms with Gasteiger partial charge in [-0.1, -0.05) is 6.07 Å². The van der Waals surface area contributed by atoms with Gasteiger partial charge in [0.05, 0.1) is 27.0 Å². The molecule has 32 heavy (non-hydrogen) atoms. The largest absolute Gasteiger partial charge is 0.493 e. The van der Waals surface area contributed by atoms with Crippen molar-refractivity contribution in [3.8, 4) is 34.3 Å². The van der Waals surface area contributed by atoms with Crippen LogP contribution in [-0.2, 0) is 0 Å². The Morgan fingerprint density at radius 2 is 1.62 bits per heavy atom. The van der Waals surface area contributed by atoms with Crippen LogP contribution in [0.25, 0.3) is 11.3 Å². The van der Waals surface area contributed by atoms with Gasteiger partial charge in [-0.25, -0.2) is 9.97 Å². The molecule has 0 unspecified atom stereocenters. The molecule has 11 heteroatoms. The minimum absolute atomic E-state index is 0.133. The predicted octanol–water partition coefficient (Wildman–Crippen LogP) is 5.15. The summed E-state index contributed by atoms with van der Waals surface area (Å²) in [5, 5.41) is 2.83. The number of hydrogen-bond donors (Lipinski definition) is 1. The summed E-state index contributed by atoms with van der Waals surface area (Å²) in [7, 11) is 4.46. The maximum Gasteiger partial charge on any atom is 0.461 e. The first-order valence-electron chi connectivity index (χ1n) is 9.13. The molecule has 3 rings (SSSR count). The van der Waals surface area contributed by atoms with Crippen molar-refractivity contribution >= 4 is 11.6 Å². The molecule has 2 aromatic carbocycles. The lowest BCUT2D eigenvalue weighted by atomic mass is 10.1. The molecule has 0 bridgehead atoms. The quantitative estimate of drug-likeness (QED) is 0.449. The second kappa shape index (κ2) is 9.58. The lowest BCUT2D eigenvalue weighted by molar-refractivity contribution is -0.253. The van der Waals surface area contributed by atoms with Crippen molar-refractivity contribution in [2.75, 3.05) is 26.6 Å². The van der Waals surface area contributed by atoms with Gasteiger partial charge in [-0.05, 0) is 30.3 Å². The zero-order valence-electron chi connectivity index (χ0n) is 17.2. The van der Waals surface area contributed by atoms with E-state index >= 15 is 0 Å². The summed E-state index contributed by atoms with van der Waals surface area (Å²) in [6, 6.07) is 10.2. The van der Waals surface area contributed by atoms with E-state index in [0.717, 1.165) is 12.1 Å². The monoisotopic (exact) mass is 453 g/mol. The van der Waals surface area contributed by atoms with Crippen LogP contribution in [0.3, 0.4) is 0 Å². The van der Waals surface area contributed by atoms with Crippen molar-refractivity contribution in [2.45, 2.75) is 12.5 Å². The van der Waals surface area contributed by atoms with Crippen molar-refractivity contribution in [1.82, 2.24) is 9.97 Å². The van der Waals surface area contributed by atoms with E-state index in [-0.39, 0.29) is 11.6 Å². The van der Waals surface area contributed by atoms with Gasteiger partial charge in [0.2, 0.25) is 11.7 Å². The van der Waals surface area contributed by atoms with E-state index in [1.807, 2.05) is 0 Å². The Morgan fingerprint density at radius 1 is 0.938 bits per heavy atom. The fraction of sp³-hybridized carbons (Fsp3) is 0.238. The first-order valence-corrected chi connectivity index (χ1v) is 9.13. The molecule has 0 spiro atoms. The van der Waals surface area contributed by atoms with Gasteiger partial charge in [0, 0.05) is 23.5 Å². The molecule has 0 saturated carbocycles. The highest BCUT2D eigenvalue weighted by atomic mass is 19.3. The summed E-state index contributed by atoms with van der Waals surface area (Å²) in [5.74, 6) is 0.971. The molecule has 0 amide bonds. The Morgan fingerprint density at radius 3 is 2.22 bits per heavy atom. The van der Waals surface area contributed by atoms with Gasteiger partial charge in [-0.2, -0.15) is 17.6 Å². The van der Waals surface area contributed by atoms with Gasteiger partial charge in [0.1, 0.15) is 5.75 Å². The third kappa shape index (κ3) is 5.10. The van der Waals surface area contributed by atoms with E-state index in [2.05, 4.69) is 20.0 Å². The summed E-state index contributed by atoms with van der Waals surface area (Å²) in [6.07, 6.45) is -7.08. The zero-order valence-corrected chi connectivity index (χ0v) is 17.2. The number of alkyl halides is 4. The van der Waals surface area contributed by atoms with Gasteiger partial charge < -0.3 is 24.3 Å². The number of halogens is 4. The van der Waals surface area contributed by atoms with Crippen molar-refractivity contribution in [2.24, 2.45) is 0 Å². The molecule has 0 atom stereocenters. The Hall–Kier alpha value is -3.76. The lowest BCUT2D eigenvalue weighted by Gasteiger charge is -2.17. The van der Waals surface area contributed by atoms with Crippen LogP contribution in [0.2, 0.25) is 0 Å². The van der Waals surface area contributed by atoms with Crippen LogP contribution in [0.15, 0.2) is 48.7 Å². The Kier molecular flexibility index (Phi) is 6.86. The van der Waals surface area contributed by atoms with E-state index in [0.29, 0.717) is 28.5 Å². The van der Waals surface area contributed by atoms with Crippen LogP contribution in [0.5, 0.6) is 23.0 Å². The van der Waals surface area contributed by atoms with Crippen LogP contribution in [0.1, 0.15) is 0 Å². The average Bonchev–Trinajstić information content (AvgIpc) is 2.78. The Labute approximate surface area is 180 Å². The molecule has 1 aromatic heterocycles. The van der Waals surface area contributed by atoms with Crippen LogP contribution in [0, 0.1) is 0 Å². The first-order chi connectivity index (χ1) is 15.3. The molecule has 0 aliphatic rings. The van der Waals surface area contributed by atoms with Crippen LogP contribution in [-0.4, -0.2) is 43.8 Å². The molecule has 0 radical (unpaired) electrons. The first kappa shape index (κ1) is 22.9. The van der Waals surface area contributed by atoms with E-state index in [9.17, 15) is 17.6 Å². The molecule has 7 nitrogen and oxygen atoms in total. The summed E-state index contributed by atoms with van der Waals surface area (Å²) in [4.78, 5) is 8.49. The second-order valence-electron chi connectivity index (χ2n) is 6.30. The molecule has 0 saturated heterocycles. The molecule has 1 N–H and O–H groups in total. The molecule has 1 heterocycles. The average molecular weight is 453 g/mol. The Bertz CT molecular complexity index is 1060. The van der Waals surface area contributed by atoms with Gasteiger partial charge in [-0.3, -0.25) is 0 Å². The maximum atomic E-state index is 13.2. The number of nitrogens with zero attached hydrogens (tertiary/aromatic N) is 2. The summed E-state index contributed by atoms with van der Waals surface area (Å²) in [6.45, 7) is 0. The van der Waals surface area contributed by atoms with Crippen LogP contribution < -0.4 is 24.3 Å². The topological polar surface area (TPSA) is 74.7 Å². The number of methoxy groups -OCH3 is 3. The molecule has 170 valence electrons. The van der Waals surface area contributed by atoms with Gasteiger partial charge in [0.15, 0.2) is 11.5 Å². The minimum Gasteiger partial charge on any atom is -0.493 e. The highest BCUT2D eigenvalue weighted by molar-refractivity contribution is 5.69. The van der Waals surface area contributed by atoms with E-state index in [1.54, 1.807) is 18.2 Å². The third-order valence-corrected chi connectivity index (χ3v) is 4.21. The van der Waals surface area contributed by atoms with E-state index in [1.165, 1.54) is 39.7 Å². The van der Waals surface area contributed by atoms with Gasteiger partial charge in [-0.15, -0.1) is 0 Å². The minimum atomic E-state index is -4.61. The number of aromatic nitrogens is 2. The maximum absolute atomic E-state index is 13.2. The van der Waals surface area contributed by atoms with Gasteiger partial charge in [0.25, 0.3) is 0 Å². The molecule has 0 fully saturated rings. The van der Waals surface area contributed by atoms with Crippen LogP contribution >= 0.6 is 0 Å². The summed E-state index contributed by atoms with van der Waals surface area (Å²) >= 11 is 0. The van der Waals surface area contributed by atoms with Crippen LogP contribution in [0.4, 0.5) is 29.2 Å². The number of hydrogen-bond acceptors (Lipinski definition) is 7.